The van der Waals surface area contributed by atoms with Gasteiger partial charge in [-0.05, 0) is 55.4 Å². The van der Waals surface area contributed by atoms with Crippen molar-refractivity contribution in [2.24, 2.45) is 11.0 Å². The van der Waals surface area contributed by atoms with E-state index in [9.17, 15) is 9.59 Å². The van der Waals surface area contributed by atoms with Crippen LogP contribution in [0.1, 0.15) is 70.4 Å². The third-order valence-electron chi connectivity index (χ3n) is 6.92. The second-order valence-corrected chi connectivity index (χ2v) is 9.21. The number of likely N-dealkylation sites (tertiary alicyclic amines) is 1. The Hall–Kier alpha value is -3.41. The van der Waals surface area contributed by atoms with Crippen LogP contribution in [0.15, 0.2) is 52.0 Å². The van der Waals surface area contributed by atoms with Gasteiger partial charge in [0.1, 0.15) is 5.76 Å². The van der Waals surface area contributed by atoms with E-state index in [0.717, 1.165) is 78.6 Å². The molecule has 6 nitrogen and oxygen atoms in total. The van der Waals surface area contributed by atoms with Crippen molar-refractivity contribution < 1.29 is 14.0 Å². The summed E-state index contributed by atoms with van der Waals surface area (Å²) < 4.78 is 6.07. The first-order valence-corrected chi connectivity index (χ1v) is 11.8. The van der Waals surface area contributed by atoms with Crippen LogP contribution in [-0.4, -0.2) is 35.5 Å². The summed E-state index contributed by atoms with van der Waals surface area (Å²) in [6, 6.07) is 13.5. The molecule has 33 heavy (non-hydrogen) atoms. The Morgan fingerprint density at radius 3 is 2.64 bits per heavy atom. The van der Waals surface area contributed by atoms with E-state index >= 15 is 0 Å². The van der Waals surface area contributed by atoms with Crippen LogP contribution < -0.4 is 5.43 Å². The molecule has 2 aromatic carbocycles. The minimum Gasteiger partial charge on any atom is -0.455 e. The third-order valence-corrected chi connectivity index (χ3v) is 6.92. The van der Waals surface area contributed by atoms with Crippen LogP contribution in [0.5, 0.6) is 0 Å². The fourth-order valence-electron chi connectivity index (χ4n) is 4.94. The van der Waals surface area contributed by atoms with Crippen LogP contribution in [0.2, 0.25) is 0 Å². The molecular weight excluding hydrogens is 414 g/mol. The molecular formula is C27H29N3O3. The first kappa shape index (κ1) is 21.4. The number of hydrazone groups is 1. The first-order chi connectivity index (χ1) is 16.0. The smallest absolute Gasteiger partial charge is 0.289 e. The number of furan rings is 1. The van der Waals surface area contributed by atoms with Gasteiger partial charge in [-0.2, -0.15) is 5.10 Å². The van der Waals surface area contributed by atoms with E-state index < -0.39 is 0 Å². The molecule has 1 N–H and O–H groups in total. The van der Waals surface area contributed by atoms with E-state index in [2.05, 4.69) is 17.5 Å². The summed E-state index contributed by atoms with van der Waals surface area (Å²) in [6.07, 6.45) is 4.43. The number of carbonyl (C=O) groups excluding carboxylic acids is 2. The van der Waals surface area contributed by atoms with Gasteiger partial charge >= 0.3 is 0 Å². The van der Waals surface area contributed by atoms with E-state index in [4.69, 9.17) is 4.42 Å². The van der Waals surface area contributed by atoms with Gasteiger partial charge in [0.2, 0.25) is 0 Å². The molecule has 6 heteroatoms. The number of benzene rings is 2. The average Bonchev–Trinajstić information content (AvgIpc) is 3.19. The van der Waals surface area contributed by atoms with Gasteiger partial charge in [0.25, 0.3) is 11.8 Å². The van der Waals surface area contributed by atoms with Crippen LogP contribution in [0.4, 0.5) is 0 Å². The molecule has 1 aliphatic carbocycles. The van der Waals surface area contributed by atoms with Crippen LogP contribution in [0, 0.1) is 12.8 Å². The summed E-state index contributed by atoms with van der Waals surface area (Å²) in [5.41, 5.74) is 5.82. The van der Waals surface area contributed by atoms with Crippen molar-refractivity contribution in [3.8, 4) is 0 Å². The predicted molar refractivity (Wildman–Crippen MR) is 129 cm³/mol. The molecule has 2 aliphatic rings. The number of nitrogens with zero attached hydrogens (tertiary/aromatic N) is 2. The highest BCUT2D eigenvalue weighted by molar-refractivity contribution is 6.09. The summed E-state index contributed by atoms with van der Waals surface area (Å²) >= 11 is 0. The van der Waals surface area contributed by atoms with Gasteiger partial charge in [-0.1, -0.05) is 43.3 Å². The lowest BCUT2D eigenvalue weighted by Crippen LogP contribution is -2.38. The summed E-state index contributed by atoms with van der Waals surface area (Å²) in [4.78, 5) is 28.0. The lowest BCUT2D eigenvalue weighted by atomic mass is 9.93. The molecule has 1 fully saturated rings. The number of rotatable bonds is 3. The normalized spacial score (nSPS) is 17.9. The Kier molecular flexibility index (Phi) is 5.75. The average molecular weight is 444 g/mol. The van der Waals surface area contributed by atoms with Crippen molar-refractivity contribution in [1.82, 2.24) is 10.3 Å². The van der Waals surface area contributed by atoms with Crippen molar-refractivity contribution in [2.45, 2.75) is 46.0 Å². The lowest BCUT2D eigenvalue weighted by Gasteiger charge is -2.29. The second kappa shape index (κ2) is 8.85. The first-order valence-electron chi connectivity index (χ1n) is 11.8. The molecule has 2 amide bonds. The molecule has 3 aromatic rings. The number of carbonyl (C=O) groups is 2. The highest BCUT2D eigenvalue weighted by atomic mass is 16.4. The Balaban J connectivity index is 1.40. The van der Waals surface area contributed by atoms with E-state index in [0.29, 0.717) is 17.2 Å². The van der Waals surface area contributed by atoms with Gasteiger partial charge in [-0.25, -0.2) is 5.43 Å². The largest absolute Gasteiger partial charge is 0.455 e. The monoisotopic (exact) mass is 443 g/mol. The maximum atomic E-state index is 13.1. The SMILES string of the molecule is Cc1c(C(=O)N2CCC(C)CC2)oc2c1/C(=N/NC(=O)c1cccc3ccccc13)CCC2. The summed E-state index contributed by atoms with van der Waals surface area (Å²) in [5, 5.41) is 6.40. The summed E-state index contributed by atoms with van der Waals surface area (Å²) in [7, 11) is 0. The summed E-state index contributed by atoms with van der Waals surface area (Å²) in [6.45, 7) is 5.70. The number of hydrogen-bond acceptors (Lipinski definition) is 4. The lowest BCUT2D eigenvalue weighted by molar-refractivity contribution is 0.0662. The predicted octanol–water partition coefficient (Wildman–Crippen LogP) is 5.08. The topological polar surface area (TPSA) is 74.9 Å². The van der Waals surface area contributed by atoms with Crippen LogP contribution >= 0.6 is 0 Å². The fourth-order valence-corrected chi connectivity index (χ4v) is 4.94. The van der Waals surface area contributed by atoms with Crippen molar-refractivity contribution in [3.63, 3.8) is 0 Å². The highest BCUT2D eigenvalue weighted by Gasteiger charge is 2.31. The molecule has 1 saturated heterocycles. The Morgan fingerprint density at radius 1 is 1.06 bits per heavy atom. The fraction of sp³-hybridized carbons (Fsp3) is 0.370. The van der Waals surface area contributed by atoms with Crippen LogP contribution in [-0.2, 0) is 6.42 Å². The van der Waals surface area contributed by atoms with E-state index in [1.54, 1.807) is 0 Å². The second-order valence-electron chi connectivity index (χ2n) is 9.21. The summed E-state index contributed by atoms with van der Waals surface area (Å²) in [5.74, 6) is 1.60. The quantitative estimate of drug-likeness (QED) is 0.574. The van der Waals surface area contributed by atoms with Crippen molar-refractivity contribution in [1.29, 1.82) is 0 Å². The van der Waals surface area contributed by atoms with E-state index in [-0.39, 0.29) is 11.8 Å². The van der Waals surface area contributed by atoms with Gasteiger partial charge in [0, 0.05) is 36.2 Å². The van der Waals surface area contributed by atoms with Gasteiger partial charge < -0.3 is 9.32 Å². The minimum absolute atomic E-state index is 0.0343. The van der Waals surface area contributed by atoms with Crippen molar-refractivity contribution >= 4 is 28.3 Å². The van der Waals surface area contributed by atoms with E-state index in [1.807, 2.05) is 54.3 Å². The standard InChI is InChI=1S/C27H29N3O3/c1-17-13-15-30(16-14-17)27(32)25-18(2)24-22(11-6-12-23(24)33-25)28-29-26(31)21-10-5-8-19-7-3-4-9-20(19)21/h3-5,7-10,17H,6,11-16H2,1-2H3,(H,29,31)/b28-22+. The molecule has 0 unspecified atom stereocenters. The zero-order chi connectivity index (χ0) is 22.9. The molecule has 0 saturated carbocycles. The molecule has 0 bridgehead atoms. The molecule has 2 heterocycles. The number of amides is 2. The molecule has 1 aromatic heterocycles. The minimum atomic E-state index is -0.244. The van der Waals surface area contributed by atoms with E-state index in [1.165, 1.54) is 0 Å². The Morgan fingerprint density at radius 2 is 1.82 bits per heavy atom. The molecule has 170 valence electrons. The molecule has 5 rings (SSSR count). The van der Waals surface area contributed by atoms with Gasteiger partial charge in [-0.15, -0.1) is 0 Å². The molecule has 0 atom stereocenters. The maximum Gasteiger partial charge on any atom is 0.289 e. The maximum absolute atomic E-state index is 13.1. The van der Waals surface area contributed by atoms with Crippen LogP contribution in [0.25, 0.3) is 10.8 Å². The number of nitrogens with one attached hydrogen (secondary N) is 1. The zero-order valence-corrected chi connectivity index (χ0v) is 19.2. The van der Waals surface area contributed by atoms with Crippen molar-refractivity contribution in [3.05, 3.63) is 70.7 Å². The van der Waals surface area contributed by atoms with Gasteiger partial charge in [0.15, 0.2) is 5.76 Å². The highest BCUT2D eigenvalue weighted by Crippen LogP contribution is 2.31. The van der Waals surface area contributed by atoms with Gasteiger partial charge in [0.05, 0.1) is 5.71 Å². The van der Waals surface area contributed by atoms with Crippen LogP contribution in [0.3, 0.4) is 0 Å². The number of fused-ring (bicyclic) bond motifs is 2. The zero-order valence-electron chi connectivity index (χ0n) is 19.2. The molecule has 0 spiro atoms. The Bertz CT molecular complexity index is 1240. The molecule has 1 aliphatic heterocycles. The molecule has 0 radical (unpaired) electrons. The van der Waals surface area contributed by atoms with Crippen molar-refractivity contribution in [2.75, 3.05) is 13.1 Å². The Labute approximate surface area is 193 Å². The number of aryl methyl sites for hydroxylation is 1. The number of piperidine rings is 1. The third kappa shape index (κ3) is 4.06. The van der Waals surface area contributed by atoms with Gasteiger partial charge in [-0.3, -0.25) is 9.59 Å². The number of hydrogen-bond donors (Lipinski definition) is 1.